The monoisotopic (exact) mass is 294 g/mol. The van der Waals surface area contributed by atoms with Gasteiger partial charge in [-0.2, -0.15) is 0 Å². The van der Waals surface area contributed by atoms with Crippen molar-refractivity contribution in [1.82, 2.24) is 10.2 Å². The van der Waals surface area contributed by atoms with Gasteiger partial charge in [-0.15, -0.1) is 0 Å². The van der Waals surface area contributed by atoms with Crippen LogP contribution in [0.2, 0.25) is 0 Å². The molecular weight excluding hydrogens is 276 g/mol. The smallest absolute Gasteiger partial charge is 0.326 e. The number of nitrogens with zero attached hydrogens (tertiary/aromatic N) is 1. The zero-order valence-corrected chi connectivity index (χ0v) is 11.6. The van der Waals surface area contributed by atoms with E-state index in [9.17, 15) is 23.1 Å². The number of likely N-dealkylation sites (tertiary alicyclic amines) is 1. The lowest BCUT2D eigenvalue weighted by Crippen LogP contribution is -2.49. The third-order valence-electron chi connectivity index (χ3n) is 2.75. The molecule has 1 fully saturated rings. The molecule has 1 saturated heterocycles. The lowest BCUT2D eigenvalue weighted by Gasteiger charge is -2.23. The summed E-state index contributed by atoms with van der Waals surface area (Å²) in [5.41, 5.74) is 0. The number of carbonyl (C=O) groups excluding carboxylic acids is 1. The van der Waals surface area contributed by atoms with E-state index < -0.39 is 40.0 Å². The van der Waals surface area contributed by atoms with Crippen LogP contribution < -0.4 is 5.32 Å². The third kappa shape index (κ3) is 4.67. The second-order valence-electron chi connectivity index (χ2n) is 4.84. The Hall–Kier alpha value is -1.35. The van der Waals surface area contributed by atoms with Crippen LogP contribution in [0.3, 0.4) is 0 Å². The Kier molecular flexibility index (Phi) is 4.75. The zero-order valence-electron chi connectivity index (χ0n) is 10.7. The maximum absolute atomic E-state index is 11.8. The van der Waals surface area contributed by atoms with E-state index in [1.807, 2.05) is 0 Å². The van der Waals surface area contributed by atoms with Crippen molar-refractivity contribution in [2.45, 2.75) is 31.5 Å². The van der Waals surface area contributed by atoms with Crippen molar-refractivity contribution in [3.63, 3.8) is 0 Å². The number of urea groups is 1. The van der Waals surface area contributed by atoms with E-state index >= 15 is 0 Å². The van der Waals surface area contributed by atoms with Crippen LogP contribution in [-0.2, 0) is 14.6 Å². The predicted octanol–water partition coefficient (Wildman–Crippen LogP) is -1.35. The van der Waals surface area contributed by atoms with E-state index in [2.05, 4.69) is 5.32 Å². The summed E-state index contributed by atoms with van der Waals surface area (Å²) in [6, 6.07) is -2.39. The number of aliphatic hydroxyl groups excluding tert-OH is 1. The topological polar surface area (TPSA) is 124 Å². The molecule has 3 atom stereocenters. The fourth-order valence-corrected chi connectivity index (χ4v) is 3.05. The summed E-state index contributed by atoms with van der Waals surface area (Å²) in [6.07, 6.45) is 0.149. The minimum Gasteiger partial charge on any atom is -0.480 e. The summed E-state index contributed by atoms with van der Waals surface area (Å²) in [7, 11) is -3.23. The summed E-state index contributed by atoms with van der Waals surface area (Å²) >= 11 is 0. The number of aliphatic carboxylic acids is 1. The minimum atomic E-state index is -3.23. The maximum atomic E-state index is 11.8. The number of aliphatic hydroxyl groups is 1. The number of hydrogen-bond donors (Lipinski definition) is 3. The number of nitrogens with one attached hydrogen (secondary N) is 1. The van der Waals surface area contributed by atoms with Crippen molar-refractivity contribution in [3.05, 3.63) is 0 Å². The van der Waals surface area contributed by atoms with Crippen LogP contribution in [0.15, 0.2) is 0 Å². The fourth-order valence-electron chi connectivity index (χ4n) is 2.06. The Labute approximate surface area is 111 Å². The van der Waals surface area contributed by atoms with Gasteiger partial charge in [-0.1, -0.05) is 0 Å². The van der Waals surface area contributed by atoms with Crippen LogP contribution in [0, 0.1) is 0 Å². The van der Waals surface area contributed by atoms with Gasteiger partial charge in [0.05, 0.1) is 11.9 Å². The Morgan fingerprint density at radius 1 is 1.47 bits per heavy atom. The summed E-state index contributed by atoms with van der Waals surface area (Å²) in [5.74, 6) is -1.42. The van der Waals surface area contributed by atoms with Gasteiger partial charge in [0.2, 0.25) is 0 Å². The molecule has 2 unspecified atom stereocenters. The van der Waals surface area contributed by atoms with Gasteiger partial charge in [0.1, 0.15) is 15.9 Å². The average molecular weight is 294 g/mol. The van der Waals surface area contributed by atoms with Crippen molar-refractivity contribution in [3.8, 4) is 0 Å². The number of sulfone groups is 1. The number of carbonyl (C=O) groups is 2. The molecule has 0 bridgehead atoms. The molecule has 0 aromatic rings. The van der Waals surface area contributed by atoms with E-state index in [1.165, 1.54) is 6.92 Å². The molecule has 1 rings (SSSR count). The molecule has 9 heteroatoms. The quantitative estimate of drug-likeness (QED) is 0.589. The first-order valence-electron chi connectivity index (χ1n) is 5.76. The molecule has 8 nitrogen and oxygen atoms in total. The lowest BCUT2D eigenvalue weighted by molar-refractivity contribution is -0.141. The lowest BCUT2D eigenvalue weighted by atomic mass is 10.2. The summed E-state index contributed by atoms with van der Waals surface area (Å²) in [6.45, 7) is 1.44. The number of carboxylic acid groups (broad SMARTS) is 1. The molecule has 0 aromatic heterocycles. The average Bonchev–Trinajstić information content (AvgIpc) is 2.57. The highest BCUT2D eigenvalue weighted by Crippen LogP contribution is 2.18. The normalized spacial score (nSPS) is 25.1. The fraction of sp³-hybridized carbons (Fsp3) is 0.800. The summed E-state index contributed by atoms with van der Waals surface area (Å²) in [4.78, 5) is 23.8. The first-order valence-corrected chi connectivity index (χ1v) is 7.82. The molecule has 0 radical (unpaired) electrons. The van der Waals surface area contributed by atoms with E-state index in [-0.39, 0.29) is 18.7 Å². The predicted molar refractivity (Wildman–Crippen MR) is 66.5 cm³/mol. The Balaban J connectivity index is 2.64. The number of carboxylic acids is 1. The first-order chi connectivity index (χ1) is 8.60. The molecule has 110 valence electrons. The van der Waals surface area contributed by atoms with Gasteiger partial charge < -0.3 is 20.4 Å². The number of rotatable bonds is 4. The van der Waals surface area contributed by atoms with Crippen LogP contribution >= 0.6 is 0 Å². The molecule has 19 heavy (non-hydrogen) atoms. The van der Waals surface area contributed by atoms with Gasteiger partial charge in [0, 0.05) is 25.3 Å². The van der Waals surface area contributed by atoms with Crippen molar-refractivity contribution in [2.75, 3.05) is 18.6 Å². The third-order valence-corrected chi connectivity index (χ3v) is 3.85. The second kappa shape index (κ2) is 5.74. The van der Waals surface area contributed by atoms with E-state index in [0.29, 0.717) is 0 Å². The molecule has 0 saturated carbocycles. The largest absolute Gasteiger partial charge is 0.480 e. The first kappa shape index (κ1) is 15.7. The van der Waals surface area contributed by atoms with Crippen LogP contribution in [0.5, 0.6) is 0 Å². The zero-order chi connectivity index (χ0) is 14.8. The van der Waals surface area contributed by atoms with Crippen LogP contribution in [0.4, 0.5) is 4.79 Å². The number of hydrogen-bond acceptors (Lipinski definition) is 5. The van der Waals surface area contributed by atoms with Gasteiger partial charge >= 0.3 is 12.0 Å². The SMILES string of the molecule is CC(CS(C)(=O)=O)NC(=O)N1CC(O)C[C@H]1C(=O)O. The number of β-amino-alcohol motifs (C(OH)–C–C–N with tert-alkyl or cyclic N) is 1. The van der Waals surface area contributed by atoms with E-state index in [1.54, 1.807) is 0 Å². The van der Waals surface area contributed by atoms with Crippen molar-refractivity contribution in [2.24, 2.45) is 0 Å². The minimum absolute atomic E-state index is 0.0246. The standard InChI is InChI=1S/C10H18N2O6S/c1-6(5-19(2,17)18)11-10(16)12-4-7(13)3-8(12)9(14)15/h6-8,13H,3-5H2,1-2H3,(H,11,16)(H,14,15)/t6?,7?,8-/m0/s1. The van der Waals surface area contributed by atoms with Gasteiger partial charge in [0.15, 0.2) is 0 Å². The highest BCUT2D eigenvalue weighted by atomic mass is 32.2. The van der Waals surface area contributed by atoms with Crippen molar-refractivity contribution >= 4 is 21.8 Å². The van der Waals surface area contributed by atoms with Crippen LogP contribution in [-0.4, -0.2) is 72.3 Å². The maximum Gasteiger partial charge on any atom is 0.326 e. The van der Waals surface area contributed by atoms with Crippen LogP contribution in [0.25, 0.3) is 0 Å². The molecular formula is C10H18N2O6S. The molecule has 0 aliphatic carbocycles. The van der Waals surface area contributed by atoms with Gasteiger partial charge in [-0.05, 0) is 6.92 Å². The van der Waals surface area contributed by atoms with Crippen LogP contribution in [0.1, 0.15) is 13.3 Å². The number of amides is 2. The van der Waals surface area contributed by atoms with E-state index in [0.717, 1.165) is 11.2 Å². The summed E-state index contributed by atoms with van der Waals surface area (Å²) < 4.78 is 22.1. The highest BCUT2D eigenvalue weighted by molar-refractivity contribution is 7.90. The van der Waals surface area contributed by atoms with Gasteiger partial charge in [0.25, 0.3) is 0 Å². The summed E-state index contributed by atoms with van der Waals surface area (Å²) in [5, 5.41) is 20.8. The Morgan fingerprint density at radius 2 is 2.05 bits per heavy atom. The molecule has 3 N–H and O–H groups in total. The second-order valence-corrected chi connectivity index (χ2v) is 7.02. The van der Waals surface area contributed by atoms with Gasteiger partial charge in [-0.3, -0.25) is 0 Å². The molecule has 2 amide bonds. The van der Waals surface area contributed by atoms with Gasteiger partial charge in [-0.25, -0.2) is 18.0 Å². The van der Waals surface area contributed by atoms with Crippen molar-refractivity contribution in [1.29, 1.82) is 0 Å². The molecule has 1 aliphatic rings. The van der Waals surface area contributed by atoms with Crippen molar-refractivity contribution < 1.29 is 28.2 Å². The van der Waals surface area contributed by atoms with E-state index in [4.69, 9.17) is 5.11 Å². The molecule has 1 aliphatic heterocycles. The molecule has 1 heterocycles. The molecule has 0 aromatic carbocycles. The highest BCUT2D eigenvalue weighted by Gasteiger charge is 2.39. The Morgan fingerprint density at radius 3 is 2.53 bits per heavy atom. The Bertz CT molecular complexity index is 463. The molecule has 0 spiro atoms.